The molecule has 2 aliphatic rings. The molecule has 1 N–H and O–H groups in total. The van der Waals surface area contributed by atoms with Gasteiger partial charge in [0, 0.05) is 12.5 Å². The van der Waals surface area contributed by atoms with Gasteiger partial charge in [0.05, 0.1) is 11.5 Å². The molecule has 2 saturated carbocycles. The lowest BCUT2D eigenvalue weighted by atomic mass is 9.84. The van der Waals surface area contributed by atoms with Gasteiger partial charge in [-0.2, -0.15) is 5.10 Å². The minimum atomic E-state index is -0.448. The molecule has 1 aromatic heterocycles. The maximum atomic E-state index is 12.2. The Morgan fingerprint density at radius 2 is 2.30 bits per heavy atom. The Kier molecular flexibility index (Phi) is 4.37. The molecule has 0 radical (unpaired) electrons. The predicted octanol–water partition coefficient (Wildman–Crippen LogP) is 2.43. The summed E-state index contributed by atoms with van der Waals surface area (Å²) in [6.45, 7) is 4.13. The number of amides is 1. The van der Waals surface area contributed by atoms with Crippen molar-refractivity contribution in [3.8, 4) is 0 Å². The zero-order valence-electron chi connectivity index (χ0n) is 13.7. The fourth-order valence-electron chi connectivity index (χ4n) is 4.39. The summed E-state index contributed by atoms with van der Waals surface area (Å²) in [6.07, 6.45) is 6.79. The van der Waals surface area contributed by atoms with E-state index in [2.05, 4.69) is 17.3 Å². The normalized spacial score (nSPS) is 27.1. The molecule has 23 heavy (non-hydrogen) atoms. The van der Waals surface area contributed by atoms with Crippen molar-refractivity contribution in [2.75, 3.05) is 0 Å². The molecular weight excluding hydrogens is 296 g/mol. The molecule has 0 aliphatic heterocycles. The van der Waals surface area contributed by atoms with Gasteiger partial charge >= 0.3 is 5.69 Å². The van der Waals surface area contributed by atoms with Gasteiger partial charge in [0.25, 0.3) is 0 Å². The highest BCUT2D eigenvalue weighted by atomic mass is 16.6. The van der Waals surface area contributed by atoms with E-state index < -0.39 is 4.92 Å². The second-order valence-electron chi connectivity index (χ2n) is 7.04. The Balaban J connectivity index is 1.49. The van der Waals surface area contributed by atoms with Crippen molar-refractivity contribution in [3.05, 3.63) is 22.0 Å². The van der Waals surface area contributed by atoms with Crippen molar-refractivity contribution in [2.24, 2.45) is 17.8 Å². The van der Waals surface area contributed by atoms with Crippen molar-refractivity contribution in [1.82, 2.24) is 15.1 Å². The summed E-state index contributed by atoms with van der Waals surface area (Å²) in [5, 5.41) is 17.9. The maximum Gasteiger partial charge on any atom is 0.309 e. The molecule has 126 valence electrons. The molecule has 2 aliphatic carbocycles. The van der Waals surface area contributed by atoms with Gasteiger partial charge in [-0.05, 0) is 50.9 Å². The van der Waals surface area contributed by atoms with Gasteiger partial charge < -0.3 is 5.32 Å². The minimum absolute atomic E-state index is 0.000701. The van der Waals surface area contributed by atoms with E-state index in [4.69, 9.17) is 0 Å². The SMILES string of the molecule is Cc1c([N+](=O)[O-])cnn1CCC(=O)N[C@@H](C)[C@@H]1C[C@H]2CC[C@H]1C2. The quantitative estimate of drug-likeness (QED) is 0.644. The van der Waals surface area contributed by atoms with Gasteiger partial charge in [0.1, 0.15) is 11.9 Å². The van der Waals surface area contributed by atoms with Crippen molar-refractivity contribution in [2.45, 2.75) is 58.5 Å². The number of fused-ring (bicyclic) bond motifs is 2. The molecule has 1 heterocycles. The van der Waals surface area contributed by atoms with Crippen molar-refractivity contribution in [1.29, 1.82) is 0 Å². The highest BCUT2D eigenvalue weighted by Gasteiger charge is 2.42. The van der Waals surface area contributed by atoms with Gasteiger partial charge in [-0.1, -0.05) is 6.42 Å². The van der Waals surface area contributed by atoms with Crippen LogP contribution in [0.3, 0.4) is 0 Å². The van der Waals surface area contributed by atoms with Crippen LogP contribution >= 0.6 is 0 Å². The number of hydrogen-bond acceptors (Lipinski definition) is 4. The third kappa shape index (κ3) is 3.23. The molecule has 1 aromatic rings. The van der Waals surface area contributed by atoms with E-state index in [0.29, 0.717) is 24.6 Å². The average Bonchev–Trinajstić information content (AvgIpc) is 3.20. The molecule has 7 nitrogen and oxygen atoms in total. The number of carbonyl (C=O) groups is 1. The van der Waals surface area contributed by atoms with Crippen LogP contribution < -0.4 is 5.32 Å². The van der Waals surface area contributed by atoms with Gasteiger partial charge in [-0.25, -0.2) is 0 Å². The number of carbonyl (C=O) groups excluding carboxylic acids is 1. The number of rotatable bonds is 6. The van der Waals surface area contributed by atoms with Gasteiger partial charge in [-0.3, -0.25) is 19.6 Å². The Bertz CT molecular complexity index is 612. The molecule has 7 heteroatoms. The summed E-state index contributed by atoms with van der Waals surface area (Å²) in [5.41, 5.74) is 0.490. The van der Waals surface area contributed by atoms with Crippen LogP contribution in [-0.4, -0.2) is 26.7 Å². The molecule has 0 unspecified atom stereocenters. The van der Waals surface area contributed by atoms with Gasteiger partial charge in [-0.15, -0.1) is 0 Å². The summed E-state index contributed by atoms with van der Waals surface area (Å²) in [6, 6.07) is 0.214. The van der Waals surface area contributed by atoms with Crippen LogP contribution in [-0.2, 0) is 11.3 Å². The largest absolute Gasteiger partial charge is 0.353 e. The first-order valence-corrected chi connectivity index (χ1v) is 8.42. The van der Waals surface area contributed by atoms with E-state index >= 15 is 0 Å². The topological polar surface area (TPSA) is 90.1 Å². The van der Waals surface area contributed by atoms with Crippen molar-refractivity contribution < 1.29 is 9.72 Å². The smallest absolute Gasteiger partial charge is 0.309 e. The van der Waals surface area contributed by atoms with Gasteiger partial charge in [0.2, 0.25) is 5.91 Å². The highest BCUT2D eigenvalue weighted by molar-refractivity contribution is 5.76. The Morgan fingerprint density at radius 3 is 2.87 bits per heavy atom. The molecule has 1 amide bonds. The first-order chi connectivity index (χ1) is 11.0. The van der Waals surface area contributed by atoms with Crippen LogP contribution in [0, 0.1) is 34.8 Å². The Labute approximate surface area is 135 Å². The molecule has 4 atom stereocenters. The zero-order chi connectivity index (χ0) is 16.6. The second-order valence-corrected chi connectivity index (χ2v) is 7.04. The number of aromatic nitrogens is 2. The van der Waals surface area contributed by atoms with Crippen LogP contribution in [0.1, 0.15) is 44.7 Å². The van der Waals surface area contributed by atoms with E-state index in [0.717, 1.165) is 11.8 Å². The van der Waals surface area contributed by atoms with Crippen molar-refractivity contribution >= 4 is 11.6 Å². The number of aryl methyl sites for hydroxylation is 1. The summed E-state index contributed by atoms with van der Waals surface area (Å²) in [4.78, 5) is 22.5. The summed E-state index contributed by atoms with van der Waals surface area (Å²) in [7, 11) is 0. The Hall–Kier alpha value is -1.92. The summed E-state index contributed by atoms with van der Waals surface area (Å²) < 4.78 is 1.53. The number of nitrogens with one attached hydrogen (secondary N) is 1. The first kappa shape index (κ1) is 16.0. The molecule has 0 saturated heterocycles. The maximum absolute atomic E-state index is 12.2. The highest BCUT2D eigenvalue weighted by Crippen LogP contribution is 2.49. The minimum Gasteiger partial charge on any atom is -0.353 e. The molecule has 0 aromatic carbocycles. The lowest BCUT2D eigenvalue weighted by molar-refractivity contribution is -0.385. The van der Waals surface area contributed by atoms with Gasteiger partial charge in [0.15, 0.2) is 0 Å². The number of nitro groups is 1. The van der Waals surface area contributed by atoms with E-state index in [-0.39, 0.29) is 17.6 Å². The number of hydrogen-bond donors (Lipinski definition) is 1. The Morgan fingerprint density at radius 1 is 1.52 bits per heavy atom. The standard InChI is InChI=1S/C16H24N4O3/c1-10(14-8-12-3-4-13(14)7-12)18-16(21)5-6-19-11(2)15(9-17-19)20(22)23/h9-10,12-14H,3-8H2,1-2H3,(H,18,21)/t10-,12-,13-,14-/m0/s1. The molecular formula is C16H24N4O3. The molecule has 2 bridgehead atoms. The van der Waals surface area contributed by atoms with Crippen molar-refractivity contribution in [3.63, 3.8) is 0 Å². The van der Waals surface area contributed by atoms with Crippen LogP contribution in [0.2, 0.25) is 0 Å². The molecule has 3 rings (SSSR count). The predicted molar refractivity (Wildman–Crippen MR) is 84.8 cm³/mol. The van der Waals surface area contributed by atoms with E-state index in [1.165, 1.54) is 36.6 Å². The lowest BCUT2D eigenvalue weighted by Crippen LogP contribution is -2.40. The summed E-state index contributed by atoms with van der Waals surface area (Å²) >= 11 is 0. The first-order valence-electron chi connectivity index (χ1n) is 8.42. The molecule has 2 fully saturated rings. The molecule has 0 spiro atoms. The van der Waals surface area contributed by atoms with Crippen LogP contribution in [0.25, 0.3) is 0 Å². The van der Waals surface area contributed by atoms with E-state index in [1.54, 1.807) is 6.92 Å². The van der Waals surface area contributed by atoms with Crippen LogP contribution in [0.5, 0.6) is 0 Å². The fraction of sp³-hybridized carbons (Fsp3) is 0.750. The fourth-order valence-corrected chi connectivity index (χ4v) is 4.39. The third-order valence-electron chi connectivity index (χ3n) is 5.65. The number of nitrogens with zero attached hydrogens (tertiary/aromatic N) is 3. The average molecular weight is 320 g/mol. The van der Waals surface area contributed by atoms with Crippen LogP contribution in [0.15, 0.2) is 6.20 Å². The van der Waals surface area contributed by atoms with E-state index in [9.17, 15) is 14.9 Å². The third-order valence-corrected chi connectivity index (χ3v) is 5.65. The monoisotopic (exact) mass is 320 g/mol. The second kappa shape index (κ2) is 6.29. The zero-order valence-corrected chi connectivity index (χ0v) is 13.7. The van der Waals surface area contributed by atoms with E-state index in [1.807, 2.05) is 0 Å². The van der Waals surface area contributed by atoms with Crippen LogP contribution in [0.4, 0.5) is 5.69 Å². The summed E-state index contributed by atoms with van der Waals surface area (Å²) in [5.74, 6) is 2.27. The lowest BCUT2D eigenvalue weighted by Gasteiger charge is -2.28.